The van der Waals surface area contributed by atoms with Crippen molar-refractivity contribution in [2.75, 3.05) is 0 Å². The first kappa shape index (κ1) is 39.7. The molecule has 340 valence electrons. The van der Waals surface area contributed by atoms with Crippen LogP contribution in [0.3, 0.4) is 0 Å². The summed E-state index contributed by atoms with van der Waals surface area (Å²) in [5.41, 5.74) is 26.5. The highest BCUT2D eigenvalue weighted by molar-refractivity contribution is 7.48. The van der Waals surface area contributed by atoms with Gasteiger partial charge in [0.25, 0.3) is 0 Å². The van der Waals surface area contributed by atoms with E-state index in [9.17, 15) is 9.46 Å². The minimum absolute atomic E-state index is 0.461. The van der Waals surface area contributed by atoms with Crippen LogP contribution < -0.4 is 9.05 Å². The topological polar surface area (TPSA) is 55.8 Å². The molecular weight excluding hydrogens is 900 g/mol. The number of benzene rings is 10. The normalized spacial score (nSPS) is 17.5. The van der Waals surface area contributed by atoms with E-state index in [0.717, 1.165) is 70.2 Å². The second-order valence-corrected chi connectivity index (χ2v) is 22.3. The van der Waals surface area contributed by atoms with Gasteiger partial charge in [-0.05, 0) is 149 Å². The summed E-state index contributed by atoms with van der Waals surface area (Å²) >= 11 is 0. The van der Waals surface area contributed by atoms with Gasteiger partial charge in [0, 0.05) is 27.7 Å². The van der Waals surface area contributed by atoms with E-state index in [0.29, 0.717) is 11.5 Å². The van der Waals surface area contributed by atoms with Crippen molar-refractivity contribution < 1.29 is 18.5 Å². The van der Waals surface area contributed by atoms with E-state index in [1.54, 1.807) is 0 Å². The maximum absolute atomic E-state index is 15.0. The van der Waals surface area contributed by atoms with Crippen LogP contribution in [0.5, 0.6) is 11.5 Å². The highest BCUT2D eigenvalue weighted by Crippen LogP contribution is 2.68. The lowest BCUT2D eigenvalue weighted by molar-refractivity contribution is 0.281. The summed E-state index contributed by atoms with van der Waals surface area (Å²) in [4.78, 5) is 12.2. The monoisotopic (exact) mass is 942 g/mol. The molecule has 7 aliphatic rings. The molecule has 1 aliphatic heterocycles. The molecular formula is C67H43O4P. The molecule has 17 rings (SSSR count). The van der Waals surface area contributed by atoms with Gasteiger partial charge in [0.1, 0.15) is 11.5 Å². The van der Waals surface area contributed by atoms with Crippen LogP contribution in [0.4, 0.5) is 0 Å². The number of aryl methyl sites for hydroxylation is 2. The Kier molecular flexibility index (Phi) is 7.43. The first-order valence-corrected chi connectivity index (χ1v) is 26.8. The summed E-state index contributed by atoms with van der Waals surface area (Å²) in [6.07, 6.45) is 3.40. The number of rotatable bonds is 2. The summed E-state index contributed by atoms with van der Waals surface area (Å²) in [5.74, 6) is 0.933. The molecule has 0 amide bonds. The van der Waals surface area contributed by atoms with Gasteiger partial charge in [-0.1, -0.05) is 194 Å². The van der Waals surface area contributed by atoms with E-state index in [-0.39, 0.29) is 0 Å². The van der Waals surface area contributed by atoms with Crippen LogP contribution in [0.2, 0.25) is 0 Å². The second kappa shape index (κ2) is 13.5. The van der Waals surface area contributed by atoms with E-state index in [1.165, 1.54) is 89.0 Å². The summed E-state index contributed by atoms with van der Waals surface area (Å²) in [6, 6.07) is 75.4. The third-order valence-electron chi connectivity index (χ3n) is 18.1. The van der Waals surface area contributed by atoms with E-state index in [4.69, 9.17) is 9.05 Å². The quantitative estimate of drug-likeness (QED) is 0.175. The third kappa shape index (κ3) is 4.60. The van der Waals surface area contributed by atoms with Gasteiger partial charge in [0.05, 0.1) is 10.8 Å². The molecule has 10 aromatic carbocycles. The average Bonchev–Trinajstić information content (AvgIpc) is 4.25. The van der Waals surface area contributed by atoms with E-state index < -0.39 is 24.1 Å². The van der Waals surface area contributed by atoms with Crippen molar-refractivity contribution in [1.82, 2.24) is 0 Å². The maximum atomic E-state index is 15.0. The number of hydrogen-bond acceptors (Lipinski definition) is 3. The van der Waals surface area contributed by atoms with Crippen LogP contribution in [0.15, 0.2) is 206 Å². The van der Waals surface area contributed by atoms with E-state index in [2.05, 4.69) is 206 Å². The molecule has 0 unspecified atom stereocenters. The Labute approximate surface area is 417 Å². The minimum atomic E-state index is -4.79. The molecule has 0 fully saturated rings. The van der Waals surface area contributed by atoms with Crippen LogP contribution in [0, 0.1) is 0 Å². The lowest BCUT2D eigenvalue weighted by atomic mass is 9.70. The van der Waals surface area contributed by atoms with Crippen molar-refractivity contribution in [1.29, 1.82) is 0 Å². The summed E-state index contributed by atoms with van der Waals surface area (Å²) in [7, 11) is -4.79. The van der Waals surface area contributed by atoms with Gasteiger partial charge in [-0.3, -0.25) is 4.89 Å². The Hall–Kier alpha value is -8.01. The van der Waals surface area contributed by atoms with Crippen molar-refractivity contribution in [2.24, 2.45) is 0 Å². The molecule has 0 saturated heterocycles. The molecule has 3 spiro atoms. The number of phosphoric ester groups is 1. The first-order chi connectivity index (χ1) is 35.4. The predicted molar refractivity (Wildman–Crippen MR) is 285 cm³/mol. The van der Waals surface area contributed by atoms with Gasteiger partial charge in [-0.15, -0.1) is 0 Å². The SMILES string of the molecule is O=P1(O)Oc2c(-c3ccc4c(c3)-c3ccccc3C43c4ccccc4-c4ccccc43)ccc3c2C2(CC3)CCc3ccc(-c4ccc5c(c4)-c4ccccc4C54c5ccccc5-c5ccccc54)c(c32)O1. The molecule has 5 heteroatoms. The highest BCUT2D eigenvalue weighted by atomic mass is 31.2. The fourth-order valence-electron chi connectivity index (χ4n) is 15.6. The van der Waals surface area contributed by atoms with E-state index in [1.807, 2.05) is 0 Å². The summed E-state index contributed by atoms with van der Waals surface area (Å²) in [6.45, 7) is 0. The van der Waals surface area contributed by atoms with Gasteiger partial charge in [0.2, 0.25) is 0 Å². The van der Waals surface area contributed by atoms with Gasteiger partial charge in [-0.25, -0.2) is 4.57 Å². The fourth-order valence-corrected chi connectivity index (χ4v) is 16.5. The maximum Gasteiger partial charge on any atom is 0.584 e. The molecule has 10 aromatic rings. The molecule has 4 nitrogen and oxygen atoms in total. The zero-order valence-corrected chi connectivity index (χ0v) is 40.0. The van der Waals surface area contributed by atoms with Gasteiger partial charge in [-0.2, -0.15) is 0 Å². The molecule has 0 saturated carbocycles. The van der Waals surface area contributed by atoms with Crippen LogP contribution in [-0.4, -0.2) is 4.89 Å². The Bertz CT molecular complexity index is 3840. The van der Waals surface area contributed by atoms with Crippen LogP contribution in [0.1, 0.15) is 79.6 Å². The molecule has 72 heavy (non-hydrogen) atoms. The predicted octanol–water partition coefficient (Wildman–Crippen LogP) is 15.8. The fraction of sp³-hybridized carbons (Fsp3) is 0.104. The Morgan fingerprint density at radius 1 is 0.347 bits per heavy atom. The molecule has 0 aromatic heterocycles. The second-order valence-electron chi connectivity index (χ2n) is 21.0. The van der Waals surface area contributed by atoms with Crippen molar-refractivity contribution in [3.63, 3.8) is 0 Å². The molecule has 6 aliphatic carbocycles. The Balaban J connectivity index is 0.842. The van der Waals surface area contributed by atoms with Crippen LogP contribution in [0.25, 0.3) is 66.8 Å². The van der Waals surface area contributed by atoms with Crippen molar-refractivity contribution in [2.45, 2.75) is 41.9 Å². The lowest BCUT2D eigenvalue weighted by Gasteiger charge is -2.35. The molecule has 0 atom stereocenters. The Morgan fingerprint density at radius 3 is 1.00 bits per heavy atom. The van der Waals surface area contributed by atoms with Gasteiger partial charge in [0.15, 0.2) is 0 Å². The van der Waals surface area contributed by atoms with Crippen molar-refractivity contribution >= 4 is 7.82 Å². The smallest absolute Gasteiger partial charge is 0.394 e. The summed E-state index contributed by atoms with van der Waals surface area (Å²) in [5, 5.41) is 0. The molecule has 0 radical (unpaired) electrons. The van der Waals surface area contributed by atoms with Gasteiger partial charge < -0.3 is 9.05 Å². The zero-order chi connectivity index (χ0) is 47.3. The van der Waals surface area contributed by atoms with Gasteiger partial charge >= 0.3 is 7.82 Å². The lowest BCUT2D eigenvalue weighted by Crippen LogP contribution is -2.26. The van der Waals surface area contributed by atoms with Crippen molar-refractivity contribution in [3.8, 4) is 78.3 Å². The standard InChI is InChI=1S/C67H43O4P/c68-72(69)70-63-43(41-27-31-59-51(37-41)49-17-5-11-23-57(49)66(59)53-19-7-1-13-45(53)46-14-2-8-20-54(46)66)29-25-39-33-35-65(61(39)63)36-34-40-26-30-44(64(71-72)62(40)65)42-28-32-60-52(38-42)50-18-6-12-24-58(50)67(60)55-21-9-3-15-47(55)48-16-4-10-22-56(48)67/h1-32,37-38H,33-36H2,(H,68,69). The van der Waals surface area contributed by atoms with Crippen LogP contribution >= 0.6 is 7.82 Å². The summed E-state index contributed by atoms with van der Waals surface area (Å²) < 4.78 is 28.2. The number of phosphoric acid groups is 1. The third-order valence-corrected chi connectivity index (χ3v) is 18.9. The number of hydrogen-bond donors (Lipinski definition) is 1. The zero-order valence-electron chi connectivity index (χ0n) is 39.1. The first-order valence-electron chi connectivity index (χ1n) is 25.3. The Morgan fingerprint density at radius 2 is 0.653 bits per heavy atom. The largest absolute Gasteiger partial charge is 0.584 e. The average molecular weight is 943 g/mol. The van der Waals surface area contributed by atoms with Crippen LogP contribution in [-0.2, 0) is 33.7 Å². The highest BCUT2D eigenvalue weighted by Gasteiger charge is 2.55. The molecule has 0 bridgehead atoms. The number of fused-ring (bicyclic) bond motifs is 20. The molecule has 1 heterocycles. The molecule has 1 N–H and O–H groups in total. The van der Waals surface area contributed by atoms with E-state index >= 15 is 0 Å². The van der Waals surface area contributed by atoms with Crippen molar-refractivity contribution in [3.05, 3.63) is 273 Å². The minimum Gasteiger partial charge on any atom is -0.394 e.